The number of anilines is 2. The van der Waals surface area contributed by atoms with Crippen LogP contribution >= 0.6 is 11.6 Å². The van der Waals surface area contributed by atoms with E-state index in [-0.39, 0.29) is 22.1 Å². The maximum Gasteiger partial charge on any atom is 0.339 e. The number of nitrogens with zero attached hydrogens (tertiary/aromatic N) is 1. The maximum absolute atomic E-state index is 13.4. The number of carbonyl (C=O) groups is 2. The summed E-state index contributed by atoms with van der Waals surface area (Å²) in [6.45, 7) is 3.20. The fourth-order valence-electron chi connectivity index (χ4n) is 3.16. The number of ether oxygens (including phenoxy) is 1. The van der Waals surface area contributed by atoms with Gasteiger partial charge in [-0.25, -0.2) is 13.2 Å². The van der Waals surface area contributed by atoms with Crippen LogP contribution < -0.4 is 9.62 Å². The lowest BCUT2D eigenvalue weighted by molar-refractivity contribution is -0.114. The summed E-state index contributed by atoms with van der Waals surface area (Å²) < 4.78 is 32.8. The number of amides is 1. The van der Waals surface area contributed by atoms with E-state index in [9.17, 15) is 18.0 Å². The molecule has 0 heterocycles. The molecule has 3 aromatic carbocycles. The third-order valence-electron chi connectivity index (χ3n) is 4.75. The van der Waals surface area contributed by atoms with Gasteiger partial charge < -0.3 is 10.1 Å². The molecule has 0 aliphatic rings. The van der Waals surface area contributed by atoms with Gasteiger partial charge in [0.25, 0.3) is 10.0 Å². The Morgan fingerprint density at radius 1 is 1.00 bits per heavy atom. The van der Waals surface area contributed by atoms with Crippen molar-refractivity contribution in [2.45, 2.75) is 18.7 Å². The van der Waals surface area contributed by atoms with Crippen molar-refractivity contribution in [2.24, 2.45) is 0 Å². The SMILES string of the molecule is CCOC(=O)c1ccc(NC(=O)CN(c2ccccc2C)S(=O)(=O)c2ccccc2)cc1Cl. The minimum atomic E-state index is -4.01. The van der Waals surface area contributed by atoms with Gasteiger partial charge in [0.05, 0.1) is 27.8 Å². The second-order valence-corrected chi connectivity index (χ2v) is 9.34. The molecule has 0 spiro atoms. The second-order valence-electron chi connectivity index (χ2n) is 7.07. The van der Waals surface area contributed by atoms with E-state index in [2.05, 4.69) is 5.32 Å². The van der Waals surface area contributed by atoms with Crippen molar-refractivity contribution in [2.75, 3.05) is 22.8 Å². The average Bonchev–Trinajstić information content (AvgIpc) is 2.79. The van der Waals surface area contributed by atoms with Crippen molar-refractivity contribution in [3.8, 4) is 0 Å². The molecule has 0 saturated carbocycles. The molecular formula is C24H23ClN2O5S. The van der Waals surface area contributed by atoms with E-state index in [4.69, 9.17) is 16.3 Å². The largest absolute Gasteiger partial charge is 0.462 e. The van der Waals surface area contributed by atoms with Crippen LogP contribution in [0.2, 0.25) is 5.02 Å². The molecule has 0 bridgehead atoms. The van der Waals surface area contributed by atoms with Crippen molar-refractivity contribution >= 4 is 44.9 Å². The molecule has 0 atom stereocenters. The number of hydrogen-bond acceptors (Lipinski definition) is 5. The number of para-hydroxylation sites is 1. The van der Waals surface area contributed by atoms with E-state index >= 15 is 0 Å². The van der Waals surface area contributed by atoms with Gasteiger partial charge in [0.1, 0.15) is 6.54 Å². The lowest BCUT2D eigenvalue weighted by Gasteiger charge is -2.25. The highest BCUT2D eigenvalue weighted by atomic mass is 35.5. The number of benzene rings is 3. The smallest absolute Gasteiger partial charge is 0.339 e. The zero-order chi connectivity index (χ0) is 24.0. The molecule has 0 saturated heterocycles. The molecule has 3 aromatic rings. The van der Waals surface area contributed by atoms with Gasteiger partial charge in [0, 0.05) is 5.69 Å². The quantitative estimate of drug-likeness (QED) is 0.467. The zero-order valence-electron chi connectivity index (χ0n) is 18.1. The minimum absolute atomic E-state index is 0.0721. The Hall–Kier alpha value is -3.36. The molecule has 0 radical (unpaired) electrons. The van der Waals surface area contributed by atoms with Gasteiger partial charge in [-0.2, -0.15) is 0 Å². The molecule has 1 N–H and O–H groups in total. The summed E-state index contributed by atoms with van der Waals surface area (Å²) >= 11 is 6.16. The van der Waals surface area contributed by atoms with Gasteiger partial charge >= 0.3 is 5.97 Å². The van der Waals surface area contributed by atoms with E-state index in [0.29, 0.717) is 16.9 Å². The van der Waals surface area contributed by atoms with Crippen molar-refractivity contribution in [1.29, 1.82) is 0 Å². The lowest BCUT2D eigenvalue weighted by Crippen LogP contribution is -2.38. The van der Waals surface area contributed by atoms with E-state index in [1.54, 1.807) is 56.3 Å². The summed E-state index contributed by atoms with van der Waals surface area (Å²) in [5.74, 6) is -1.14. The van der Waals surface area contributed by atoms with Gasteiger partial charge in [-0.3, -0.25) is 9.10 Å². The number of nitrogens with one attached hydrogen (secondary N) is 1. The van der Waals surface area contributed by atoms with Crippen LogP contribution in [-0.2, 0) is 19.6 Å². The second kappa shape index (κ2) is 10.5. The fourth-order valence-corrected chi connectivity index (χ4v) is 4.93. The van der Waals surface area contributed by atoms with Gasteiger partial charge in [0.15, 0.2) is 0 Å². The molecule has 0 aromatic heterocycles. The first-order valence-electron chi connectivity index (χ1n) is 10.1. The number of carbonyl (C=O) groups excluding carboxylic acids is 2. The van der Waals surface area contributed by atoms with Crippen LogP contribution in [0.4, 0.5) is 11.4 Å². The summed E-state index contributed by atoms with van der Waals surface area (Å²) in [5, 5.41) is 2.75. The molecule has 1 amide bonds. The highest BCUT2D eigenvalue weighted by Crippen LogP contribution is 2.27. The van der Waals surface area contributed by atoms with Crippen molar-refractivity contribution in [1.82, 2.24) is 0 Å². The highest BCUT2D eigenvalue weighted by Gasteiger charge is 2.28. The third kappa shape index (κ3) is 5.71. The molecule has 33 heavy (non-hydrogen) atoms. The summed E-state index contributed by atoms with van der Waals surface area (Å²) in [5.41, 5.74) is 1.59. The molecule has 3 rings (SSSR count). The highest BCUT2D eigenvalue weighted by molar-refractivity contribution is 7.92. The van der Waals surface area contributed by atoms with E-state index in [1.807, 2.05) is 0 Å². The third-order valence-corrected chi connectivity index (χ3v) is 6.84. The van der Waals surface area contributed by atoms with Crippen molar-refractivity contribution in [3.05, 3.63) is 88.9 Å². The van der Waals surface area contributed by atoms with E-state index < -0.39 is 28.4 Å². The van der Waals surface area contributed by atoms with Gasteiger partial charge in [-0.1, -0.05) is 48.0 Å². The Bertz CT molecular complexity index is 1260. The molecule has 7 nitrogen and oxygen atoms in total. The predicted octanol–water partition coefficient (Wildman–Crippen LogP) is 4.66. The number of rotatable bonds is 8. The standard InChI is InChI=1S/C24H23ClN2O5S/c1-3-32-24(29)20-14-13-18(15-21(20)25)26-23(28)16-27(22-12-8-7-9-17(22)2)33(30,31)19-10-5-4-6-11-19/h4-15H,3,16H2,1-2H3,(H,26,28). The fraction of sp³-hybridized carbons (Fsp3) is 0.167. The number of esters is 1. The average molecular weight is 487 g/mol. The van der Waals surface area contributed by atoms with Crippen LogP contribution in [-0.4, -0.2) is 33.4 Å². The summed E-state index contributed by atoms with van der Waals surface area (Å²) in [4.78, 5) is 24.8. The first-order valence-corrected chi connectivity index (χ1v) is 12.0. The number of aryl methyl sites for hydroxylation is 1. The normalized spacial score (nSPS) is 11.0. The Morgan fingerprint density at radius 3 is 2.30 bits per heavy atom. The Balaban J connectivity index is 1.88. The number of halogens is 1. The minimum Gasteiger partial charge on any atom is -0.462 e. The van der Waals surface area contributed by atoms with Gasteiger partial charge in [-0.05, 0) is 55.8 Å². The molecule has 172 valence electrons. The van der Waals surface area contributed by atoms with Gasteiger partial charge in [0.2, 0.25) is 5.91 Å². The van der Waals surface area contributed by atoms with Crippen LogP contribution in [0.3, 0.4) is 0 Å². The van der Waals surface area contributed by atoms with Crippen LogP contribution in [0.15, 0.2) is 77.7 Å². The Morgan fingerprint density at radius 2 is 1.67 bits per heavy atom. The van der Waals surface area contributed by atoms with Crippen LogP contribution in [0.1, 0.15) is 22.8 Å². The summed E-state index contributed by atoms with van der Waals surface area (Å²) in [6.07, 6.45) is 0. The van der Waals surface area contributed by atoms with Gasteiger partial charge in [-0.15, -0.1) is 0 Å². The Labute approximate surface area is 198 Å². The van der Waals surface area contributed by atoms with E-state index in [1.165, 1.54) is 30.3 Å². The predicted molar refractivity (Wildman–Crippen MR) is 128 cm³/mol. The number of hydrogen-bond donors (Lipinski definition) is 1. The first-order chi connectivity index (χ1) is 15.7. The van der Waals surface area contributed by atoms with Crippen LogP contribution in [0.25, 0.3) is 0 Å². The molecule has 0 aliphatic heterocycles. The zero-order valence-corrected chi connectivity index (χ0v) is 19.7. The summed E-state index contributed by atoms with van der Waals surface area (Å²) in [7, 11) is -4.01. The van der Waals surface area contributed by atoms with Crippen molar-refractivity contribution in [3.63, 3.8) is 0 Å². The maximum atomic E-state index is 13.4. The monoisotopic (exact) mass is 486 g/mol. The Kier molecular flexibility index (Phi) is 7.73. The lowest BCUT2D eigenvalue weighted by atomic mass is 10.2. The van der Waals surface area contributed by atoms with Crippen LogP contribution in [0, 0.1) is 6.92 Å². The van der Waals surface area contributed by atoms with Crippen molar-refractivity contribution < 1.29 is 22.7 Å². The molecule has 0 aliphatic carbocycles. The topological polar surface area (TPSA) is 92.8 Å². The number of sulfonamides is 1. The summed E-state index contributed by atoms with van der Waals surface area (Å²) in [6, 6.07) is 19.2. The first kappa shape index (κ1) is 24.3. The van der Waals surface area contributed by atoms with E-state index in [0.717, 1.165) is 4.31 Å². The molecular weight excluding hydrogens is 464 g/mol. The van der Waals surface area contributed by atoms with Crippen LogP contribution in [0.5, 0.6) is 0 Å². The molecule has 0 fully saturated rings. The molecule has 0 unspecified atom stereocenters. The molecule has 9 heteroatoms.